The van der Waals surface area contributed by atoms with Crippen LogP contribution >= 0.6 is 11.3 Å². The van der Waals surface area contributed by atoms with Gasteiger partial charge in [-0.15, -0.1) is 11.3 Å². The Morgan fingerprint density at radius 3 is 2.58 bits per heavy atom. The number of aryl methyl sites for hydroxylation is 1. The van der Waals surface area contributed by atoms with E-state index in [0.29, 0.717) is 11.4 Å². The van der Waals surface area contributed by atoms with Gasteiger partial charge in [0.05, 0.1) is 12.3 Å². The number of anilines is 1. The Kier molecular flexibility index (Phi) is 6.54. The second kappa shape index (κ2) is 8.28. The number of benzene rings is 1. The number of amides is 1. The van der Waals surface area contributed by atoms with Gasteiger partial charge in [-0.2, -0.15) is 0 Å². The number of aromatic nitrogens is 1. The van der Waals surface area contributed by atoms with Crippen molar-refractivity contribution in [2.24, 2.45) is 5.92 Å². The molecular weight excluding hydrogens is 370 g/mol. The van der Waals surface area contributed by atoms with E-state index < -0.39 is 16.1 Å². The van der Waals surface area contributed by atoms with Crippen molar-refractivity contribution in [3.05, 3.63) is 45.4 Å². The summed E-state index contributed by atoms with van der Waals surface area (Å²) in [6, 6.07) is 5.29. The lowest BCUT2D eigenvalue weighted by molar-refractivity contribution is 0.102. The normalized spacial score (nSPS) is 13.0. The van der Waals surface area contributed by atoms with Crippen LogP contribution in [-0.4, -0.2) is 25.6 Å². The molecule has 0 aliphatic rings. The van der Waals surface area contributed by atoms with Crippen LogP contribution in [0.1, 0.15) is 52.9 Å². The second-order valence-electron chi connectivity index (χ2n) is 6.84. The van der Waals surface area contributed by atoms with Gasteiger partial charge in [0.15, 0.2) is 0 Å². The van der Waals surface area contributed by atoms with Gasteiger partial charge in [0.2, 0.25) is 10.0 Å². The summed E-state index contributed by atoms with van der Waals surface area (Å²) in [5.74, 6) is -0.0192. The number of thiazole rings is 1. The molecule has 0 saturated carbocycles. The topological polar surface area (TPSA) is 88.2 Å². The van der Waals surface area contributed by atoms with E-state index in [2.05, 4.69) is 15.0 Å². The van der Waals surface area contributed by atoms with E-state index in [1.54, 1.807) is 5.38 Å². The van der Waals surface area contributed by atoms with Crippen molar-refractivity contribution in [2.75, 3.05) is 11.6 Å². The minimum atomic E-state index is -3.37. The fourth-order valence-electron chi connectivity index (χ4n) is 2.55. The standard InChI is InChI=1S/C18H25N3O3S2/c1-11(2)9-15(21-26(5,23)24)18-20-16(10-25-18)17(22)19-14-8-6-7-12(3)13(14)4/h6-8,10-11,15,21H,9H2,1-5H3,(H,19,22)/t15-/m1/s1. The predicted molar refractivity (Wildman–Crippen MR) is 106 cm³/mol. The molecule has 1 amide bonds. The van der Waals surface area contributed by atoms with Gasteiger partial charge in [-0.05, 0) is 43.4 Å². The molecule has 142 valence electrons. The molecule has 26 heavy (non-hydrogen) atoms. The van der Waals surface area contributed by atoms with Crippen LogP contribution in [0.5, 0.6) is 0 Å². The van der Waals surface area contributed by atoms with Crippen LogP contribution in [-0.2, 0) is 10.0 Å². The highest BCUT2D eigenvalue weighted by atomic mass is 32.2. The van der Waals surface area contributed by atoms with Crippen molar-refractivity contribution < 1.29 is 13.2 Å². The molecule has 0 spiro atoms. The molecule has 8 heteroatoms. The summed E-state index contributed by atoms with van der Waals surface area (Å²) in [5, 5.41) is 5.13. The smallest absolute Gasteiger partial charge is 0.275 e. The summed E-state index contributed by atoms with van der Waals surface area (Å²) in [7, 11) is -3.37. The van der Waals surface area contributed by atoms with Crippen LogP contribution in [0.3, 0.4) is 0 Å². The lowest BCUT2D eigenvalue weighted by Crippen LogP contribution is -2.28. The Morgan fingerprint density at radius 2 is 1.96 bits per heavy atom. The second-order valence-corrected chi connectivity index (χ2v) is 9.51. The molecule has 0 radical (unpaired) electrons. The monoisotopic (exact) mass is 395 g/mol. The first-order chi connectivity index (χ1) is 12.1. The van der Waals surface area contributed by atoms with E-state index in [9.17, 15) is 13.2 Å². The molecule has 1 aromatic heterocycles. The maximum atomic E-state index is 12.5. The van der Waals surface area contributed by atoms with E-state index in [-0.39, 0.29) is 17.5 Å². The third-order valence-corrected chi connectivity index (χ3v) is 5.64. The Balaban J connectivity index is 2.20. The minimum Gasteiger partial charge on any atom is -0.320 e. The summed E-state index contributed by atoms with van der Waals surface area (Å²) < 4.78 is 25.9. The summed E-state index contributed by atoms with van der Waals surface area (Å²) in [6.07, 6.45) is 1.74. The van der Waals surface area contributed by atoms with E-state index in [4.69, 9.17) is 0 Å². The van der Waals surface area contributed by atoms with Gasteiger partial charge in [0, 0.05) is 11.1 Å². The van der Waals surface area contributed by atoms with E-state index in [1.807, 2.05) is 45.9 Å². The van der Waals surface area contributed by atoms with Crippen molar-refractivity contribution in [3.8, 4) is 0 Å². The fourth-order valence-corrected chi connectivity index (χ4v) is 4.22. The maximum absolute atomic E-state index is 12.5. The predicted octanol–water partition coefficient (Wildman–Crippen LogP) is 3.65. The molecule has 0 aliphatic carbocycles. The molecule has 0 saturated heterocycles. The first-order valence-electron chi connectivity index (χ1n) is 8.37. The molecule has 2 rings (SSSR count). The average molecular weight is 396 g/mol. The lowest BCUT2D eigenvalue weighted by atomic mass is 10.1. The van der Waals surface area contributed by atoms with Crippen LogP contribution in [0.25, 0.3) is 0 Å². The van der Waals surface area contributed by atoms with Crippen molar-refractivity contribution >= 4 is 33.0 Å². The number of sulfonamides is 1. The number of carbonyl (C=O) groups is 1. The third-order valence-electron chi connectivity index (χ3n) is 3.97. The molecule has 1 atom stereocenters. The highest BCUT2D eigenvalue weighted by Gasteiger charge is 2.22. The van der Waals surface area contributed by atoms with Crippen LogP contribution in [0.4, 0.5) is 5.69 Å². The molecular formula is C18H25N3O3S2. The number of nitrogens with zero attached hydrogens (tertiary/aromatic N) is 1. The number of hydrogen-bond acceptors (Lipinski definition) is 5. The molecule has 6 nitrogen and oxygen atoms in total. The van der Waals surface area contributed by atoms with Crippen molar-refractivity contribution in [1.82, 2.24) is 9.71 Å². The van der Waals surface area contributed by atoms with E-state index in [0.717, 1.165) is 23.1 Å². The number of nitrogens with one attached hydrogen (secondary N) is 2. The molecule has 2 aromatic rings. The molecule has 1 aromatic carbocycles. The van der Waals surface area contributed by atoms with E-state index in [1.165, 1.54) is 11.3 Å². The van der Waals surface area contributed by atoms with Crippen LogP contribution in [0.15, 0.2) is 23.6 Å². The van der Waals surface area contributed by atoms with Gasteiger partial charge < -0.3 is 5.32 Å². The fraction of sp³-hybridized carbons (Fsp3) is 0.444. The number of rotatable bonds is 7. The lowest BCUT2D eigenvalue weighted by Gasteiger charge is -2.17. The average Bonchev–Trinajstić information content (AvgIpc) is 2.99. The molecule has 0 fully saturated rings. The van der Waals surface area contributed by atoms with Crippen LogP contribution in [0, 0.1) is 19.8 Å². The number of hydrogen-bond donors (Lipinski definition) is 2. The van der Waals surface area contributed by atoms with Crippen molar-refractivity contribution in [3.63, 3.8) is 0 Å². The summed E-state index contributed by atoms with van der Waals surface area (Å²) in [5.41, 5.74) is 3.14. The Hall–Kier alpha value is -1.77. The van der Waals surface area contributed by atoms with Gasteiger partial charge in [0.25, 0.3) is 5.91 Å². The van der Waals surface area contributed by atoms with Gasteiger partial charge >= 0.3 is 0 Å². The van der Waals surface area contributed by atoms with Gasteiger partial charge in [0.1, 0.15) is 10.7 Å². The number of carbonyl (C=O) groups excluding carboxylic acids is 1. The van der Waals surface area contributed by atoms with Crippen molar-refractivity contribution in [2.45, 2.75) is 40.2 Å². The van der Waals surface area contributed by atoms with Gasteiger partial charge in [-0.25, -0.2) is 18.1 Å². The van der Waals surface area contributed by atoms with Crippen molar-refractivity contribution in [1.29, 1.82) is 0 Å². The van der Waals surface area contributed by atoms with E-state index >= 15 is 0 Å². The summed E-state index contributed by atoms with van der Waals surface area (Å²) >= 11 is 1.29. The first kappa shape index (κ1) is 20.5. The molecule has 0 aliphatic heterocycles. The highest BCUT2D eigenvalue weighted by molar-refractivity contribution is 7.88. The zero-order chi connectivity index (χ0) is 19.5. The van der Waals surface area contributed by atoms with Gasteiger partial charge in [-0.3, -0.25) is 4.79 Å². The summed E-state index contributed by atoms with van der Waals surface area (Å²) in [4.78, 5) is 16.9. The molecule has 0 bridgehead atoms. The molecule has 1 heterocycles. The Morgan fingerprint density at radius 1 is 1.27 bits per heavy atom. The molecule has 2 N–H and O–H groups in total. The zero-order valence-electron chi connectivity index (χ0n) is 15.7. The highest BCUT2D eigenvalue weighted by Crippen LogP contribution is 2.26. The SMILES string of the molecule is Cc1cccc(NC(=O)c2csc([C@@H](CC(C)C)NS(C)(=O)=O)n2)c1C. The van der Waals surface area contributed by atoms with Crippen LogP contribution in [0.2, 0.25) is 0 Å². The minimum absolute atomic E-state index is 0.283. The maximum Gasteiger partial charge on any atom is 0.275 e. The van der Waals surface area contributed by atoms with Gasteiger partial charge in [-0.1, -0.05) is 26.0 Å². The molecule has 0 unspecified atom stereocenters. The summed E-state index contributed by atoms with van der Waals surface area (Å²) in [6.45, 7) is 7.96. The Labute approximate surface area is 159 Å². The Bertz CT molecular complexity index is 889. The largest absolute Gasteiger partial charge is 0.320 e. The quantitative estimate of drug-likeness (QED) is 0.749. The zero-order valence-corrected chi connectivity index (χ0v) is 17.3. The third kappa shape index (κ3) is 5.62. The first-order valence-corrected chi connectivity index (χ1v) is 11.1. The van der Waals surface area contributed by atoms with Crippen LogP contribution < -0.4 is 10.0 Å².